The van der Waals surface area contributed by atoms with Gasteiger partial charge in [0.25, 0.3) is 0 Å². The fourth-order valence-corrected chi connectivity index (χ4v) is 1.76. The van der Waals surface area contributed by atoms with Gasteiger partial charge in [-0.15, -0.1) is 0 Å². The molecule has 0 atom stereocenters. The number of carboxylic acids is 1. The van der Waals surface area contributed by atoms with Crippen LogP contribution in [0.1, 0.15) is 17.3 Å². The van der Waals surface area contributed by atoms with E-state index < -0.39 is 5.97 Å². The third kappa shape index (κ3) is 2.15. The zero-order valence-electron chi connectivity index (χ0n) is 9.42. The fraction of sp³-hybridized carbons (Fsp3) is 0.154. The van der Waals surface area contributed by atoms with E-state index in [1.54, 1.807) is 36.7 Å². The number of benzene rings is 1. The Balaban J connectivity index is 2.57. The number of aromatic carboxylic acids is 1. The number of phenolic OH excluding ortho intramolecular Hbond substituents is 1. The van der Waals surface area contributed by atoms with E-state index in [1.165, 1.54) is 0 Å². The molecule has 2 aromatic rings. The van der Waals surface area contributed by atoms with Crippen molar-refractivity contribution in [2.45, 2.75) is 13.5 Å². The summed E-state index contributed by atoms with van der Waals surface area (Å²) >= 11 is 0. The molecule has 0 radical (unpaired) electrons. The summed E-state index contributed by atoms with van der Waals surface area (Å²) in [5.41, 5.74) is 1.57. The maximum Gasteiger partial charge on any atom is 0.337 e. The summed E-state index contributed by atoms with van der Waals surface area (Å²) in [4.78, 5) is 11.1. The molecular formula is C13H13NO3. The molecule has 0 fully saturated rings. The highest BCUT2D eigenvalue weighted by atomic mass is 16.4. The Hall–Kier alpha value is -2.23. The van der Waals surface area contributed by atoms with Crippen LogP contribution in [0.3, 0.4) is 0 Å². The van der Waals surface area contributed by atoms with Crippen LogP contribution in [0.15, 0.2) is 36.7 Å². The maximum absolute atomic E-state index is 11.1. The van der Waals surface area contributed by atoms with Gasteiger partial charge in [-0.1, -0.05) is 12.1 Å². The third-order valence-corrected chi connectivity index (χ3v) is 2.63. The van der Waals surface area contributed by atoms with Gasteiger partial charge in [0.05, 0.1) is 5.56 Å². The lowest BCUT2D eigenvalue weighted by Gasteiger charge is -2.01. The van der Waals surface area contributed by atoms with Crippen LogP contribution in [0, 0.1) is 0 Å². The third-order valence-electron chi connectivity index (χ3n) is 2.63. The minimum Gasteiger partial charge on any atom is -0.508 e. The molecule has 1 heterocycles. The van der Waals surface area contributed by atoms with Gasteiger partial charge in [-0.2, -0.15) is 0 Å². The van der Waals surface area contributed by atoms with E-state index in [-0.39, 0.29) is 11.3 Å². The minimum absolute atomic E-state index is 0.128. The van der Waals surface area contributed by atoms with Crippen LogP contribution in [0.25, 0.3) is 11.1 Å². The first-order chi connectivity index (χ1) is 8.11. The zero-order chi connectivity index (χ0) is 12.4. The molecule has 88 valence electrons. The van der Waals surface area contributed by atoms with Crippen molar-refractivity contribution in [3.63, 3.8) is 0 Å². The summed E-state index contributed by atoms with van der Waals surface area (Å²) in [6.07, 6.45) is 3.37. The molecule has 17 heavy (non-hydrogen) atoms. The molecule has 4 nitrogen and oxygen atoms in total. The van der Waals surface area contributed by atoms with E-state index in [0.717, 1.165) is 0 Å². The number of aromatic hydroxyl groups is 1. The van der Waals surface area contributed by atoms with Crippen molar-refractivity contribution in [1.82, 2.24) is 4.57 Å². The van der Waals surface area contributed by atoms with Gasteiger partial charge in [0.2, 0.25) is 0 Å². The SMILES string of the molecule is CCn1cc(C(=O)O)c(-c2cccc(O)c2)c1. The van der Waals surface area contributed by atoms with Crippen molar-refractivity contribution in [3.8, 4) is 16.9 Å². The number of aryl methyl sites for hydroxylation is 1. The molecule has 0 aliphatic rings. The predicted octanol–water partition coefficient (Wildman–Crippen LogP) is 2.58. The Morgan fingerprint density at radius 2 is 2.12 bits per heavy atom. The molecule has 0 amide bonds. The monoisotopic (exact) mass is 231 g/mol. The lowest BCUT2D eigenvalue weighted by molar-refractivity contribution is 0.0697. The molecule has 0 aliphatic carbocycles. The van der Waals surface area contributed by atoms with Crippen LogP contribution in [-0.2, 0) is 6.54 Å². The highest BCUT2D eigenvalue weighted by molar-refractivity contribution is 5.96. The second-order valence-corrected chi connectivity index (χ2v) is 3.77. The average Bonchev–Trinajstić information content (AvgIpc) is 2.73. The average molecular weight is 231 g/mol. The first-order valence-corrected chi connectivity index (χ1v) is 5.34. The molecule has 2 N–H and O–H groups in total. The first kappa shape index (κ1) is 11.3. The number of nitrogens with zero attached hydrogens (tertiary/aromatic N) is 1. The van der Waals surface area contributed by atoms with Gasteiger partial charge in [0.1, 0.15) is 5.75 Å². The van der Waals surface area contributed by atoms with Crippen LogP contribution < -0.4 is 0 Å². The molecular weight excluding hydrogens is 218 g/mol. The molecule has 1 aromatic heterocycles. The molecule has 0 spiro atoms. The summed E-state index contributed by atoms with van der Waals surface area (Å²) in [6, 6.07) is 6.59. The summed E-state index contributed by atoms with van der Waals surface area (Å²) < 4.78 is 1.81. The standard InChI is InChI=1S/C13H13NO3/c1-2-14-7-11(12(8-14)13(16)17)9-4-3-5-10(15)6-9/h3-8,15H,2H2,1H3,(H,16,17). The van der Waals surface area contributed by atoms with Gasteiger partial charge < -0.3 is 14.8 Å². The molecule has 0 bridgehead atoms. The van der Waals surface area contributed by atoms with E-state index in [4.69, 9.17) is 5.11 Å². The lowest BCUT2D eigenvalue weighted by Crippen LogP contribution is -1.96. The second-order valence-electron chi connectivity index (χ2n) is 3.77. The van der Waals surface area contributed by atoms with Gasteiger partial charge in [0, 0.05) is 24.5 Å². The maximum atomic E-state index is 11.1. The Morgan fingerprint density at radius 1 is 1.35 bits per heavy atom. The van der Waals surface area contributed by atoms with Gasteiger partial charge in [-0.25, -0.2) is 4.79 Å². The van der Waals surface area contributed by atoms with Crippen LogP contribution in [0.4, 0.5) is 0 Å². The molecule has 2 rings (SSSR count). The van der Waals surface area contributed by atoms with Crippen molar-refractivity contribution in [2.75, 3.05) is 0 Å². The lowest BCUT2D eigenvalue weighted by atomic mass is 10.0. The van der Waals surface area contributed by atoms with E-state index in [0.29, 0.717) is 17.7 Å². The van der Waals surface area contributed by atoms with Crippen molar-refractivity contribution in [1.29, 1.82) is 0 Å². The summed E-state index contributed by atoms with van der Waals surface area (Å²) in [7, 11) is 0. The Bertz CT molecular complexity index is 558. The number of hydrogen-bond donors (Lipinski definition) is 2. The molecule has 0 aliphatic heterocycles. The highest BCUT2D eigenvalue weighted by Gasteiger charge is 2.14. The number of rotatable bonds is 3. The largest absolute Gasteiger partial charge is 0.508 e. The zero-order valence-corrected chi connectivity index (χ0v) is 9.42. The number of carbonyl (C=O) groups is 1. The summed E-state index contributed by atoms with van der Waals surface area (Å²) in [5, 5.41) is 18.5. The Kier molecular flexibility index (Phi) is 2.87. The molecule has 0 saturated heterocycles. The molecule has 4 heteroatoms. The minimum atomic E-state index is -0.962. The van der Waals surface area contributed by atoms with Gasteiger partial charge in [-0.3, -0.25) is 0 Å². The smallest absolute Gasteiger partial charge is 0.337 e. The topological polar surface area (TPSA) is 62.5 Å². The Morgan fingerprint density at radius 3 is 2.71 bits per heavy atom. The number of hydrogen-bond acceptors (Lipinski definition) is 2. The Labute approximate surface area is 98.8 Å². The van der Waals surface area contributed by atoms with Gasteiger partial charge in [-0.05, 0) is 24.6 Å². The normalized spacial score (nSPS) is 10.4. The summed E-state index contributed by atoms with van der Waals surface area (Å²) in [6.45, 7) is 2.65. The van der Waals surface area contributed by atoms with Crippen molar-refractivity contribution in [3.05, 3.63) is 42.2 Å². The first-order valence-electron chi connectivity index (χ1n) is 5.34. The van der Waals surface area contributed by atoms with Gasteiger partial charge in [0.15, 0.2) is 0 Å². The van der Waals surface area contributed by atoms with E-state index in [1.807, 2.05) is 11.5 Å². The quantitative estimate of drug-likeness (QED) is 0.853. The van der Waals surface area contributed by atoms with Crippen molar-refractivity contribution >= 4 is 5.97 Å². The van der Waals surface area contributed by atoms with Crippen LogP contribution >= 0.6 is 0 Å². The molecule has 1 aromatic carbocycles. The van der Waals surface area contributed by atoms with Crippen LogP contribution in [-0.4, -0.2) is 20.7 Å². The van der Waals surface area contributed by atoms with Crippen molar-refractivity contribution < 1.29 is 15.0 Å². The van der Waals surface area contributed by atoms with Crippen molar-refractivity contribution in [2.24, 2.45) is 0 Å². The summed E-state index contributed by atoms with van der Waals surface area (Å²) in [5.74, 6) is -0.835. The number of phenols is 1. The van der Waals surface area contributed by atoms with E-state index in [9.17, 15) is 9.90 Å². The van der Waals surface area contributed by atoms with Gasteiger partial charge >= 0.3 is 5.97 Å². The van der Waals surface area contributed by atoms with Crippen LogP contribution in [0.2, 0.25) is 0 Å². The fourth-order valence-electron chi connectivity index (χ4n) is 1.76. The van der Waals surface area contributed by atoms with E-state index in [2.05, 4.69) is 0 Å². The highest BCUT2D eigenvalue weighted by Crippen LogP contribution is 2.27. The van der Waals surface area contributed by atoms with Crippen LogP contribution in [0.5, 0.6) is 5.75 Å². The number of aromatic nitrogens is 1. The number of carboxylic acid groups (broad SMARTS) is 1. The molecule has 0 saturated carbocycles. The second kappa shape index (κ2) is 4.33. The molecule has 0 unspecified atom stereocenters. The van der Waals surface area contributed by atoms with E-state index >= 15 is 0 Å². The predicted molar refractivity (Wildman–Crippen MR) is 64.2 cm³/mol.